The third kappa shape index (κ3) is 2.95. The molecular weight excluding hydrogens is 232 g/mol. The number of hydrogen-bond acceptors (Lipinski definition) is 2. The largest absolute Gasteiger partial charge is 0.357 e. The molecule has 2 heteroatoms. The van der Waals surface area contributed by atoms with E-state index in [2.05, 4.69) is 33.9 Å². The Morgan fingerprint density at radius 1 is 0.842 bits per heavy atom. The van der Waals surface area contributed by atoms with Crippen LogP contribution in [0, 0.1) is 11.8 Å². The van der Waals surface area contributed by atoms with Gasteiger partial charge in [0.15, 0.2) is 0 Å². The molecule has 0 radical (unpaired) electrons. The van der Waals surface area contributed by atoms with E-state index in [1.807, 2.05) is 36.5 Å². The van der Waals surface area contributed by atoms with E-state index in [9.17, 15) is 0 Å². The minimum atomic E-state index is 0.965. The van der Waals surface area contributed by atoms with Gasteiger partial charge in [0.25, 0.3) is 0 Å². The van der Waals surface area contributed by atoms with Crippen molar-refractivity contribution in [3.05, 3.63) is 59.8 Å². The molecule has 0 amide bonds. The van der Waals surface area contributed by atoms with Gasteiger partial charge in [0.1, 0.15) is 5.82 Å². The Morgan fingerprint density at radius 3 is 2.26 bits per heavy atom. The van der Waals surface area contributed by atoms with E-state index in [4.69, 9.17) is 0 Å². The Hall–Kier alpha value is -2.27. The van der Waals surface area contributed by atoms with Crippen LogP contribution < -0.4 is 4.90 Å². The monoisotopic (exact) mass is 248 g/mol. The Labute approximate surface area is 114 Å². The first kappa shape index (κ1) is 11.8. The molecule has 1 saturated heterocycles. The lowest BCUT2D eigenvalue weighted by Gasteiger charge is -2.15. The SMILES string of the molecule is C(#Cc1ccc(N2CCCC2)nc1)c1ccccc1. The summed E-state index contributed by atoms with van der Waals surface area (Å²) in [6, 6.07) is 14.1. The number of pyridine rings is 1. The van der Waals surface area contributed by atoms with Crippen LogP contribution in [-0.4, -0.2) is 18.1 Å². The number of hydrogen-bond donors (Lipinski definition) is 0. The number of benzene rings is 1. The summed E-state index contributed by atoms with van der Waals surface area (Å²) in [6.45, 7) is 2.25. The van der Waals surface area contributed by atoms with E-state index >= 15 is 0 Å². The van der Waals surface area contributed by atoms with Crippen molar-refractivity contribution in [2.24, 2.45) is 0 Å². The number of rotatable bonds is 1. The van der Waals surface area contributed by atoms with Crippen LogP contribution in [0.5, 0.6) is 0 Å². The molecule has 1 fully saturated rings. The molecule has 2 nitrogen and oxygen atoms in total. The molecular formula is C17H16N2. The molecule has 3 rings (SSSR count). The molecule has 94 valence electrons. The fourth-order valence-corrected chi connectivity index (χ4v) is 2.26. The molecule has 0 aliphatic carbocycles. The van der Waals surface area contributed by atoms with Crippen LogP contribution in [0.3, 0.4) is 0 Å². The van der Waals surface area contributed by atoms with Gasteiger partial charge in [-0.25, -0.2) is 4.98 Å². The van der Waals surface area contributed by atoms with Crippen molar-refractivity contribution in [3.8, 4) is 11.8 Å². The smallest absolute Gasteiger partial charge is 0.128 e. The van der Waals surface area contributed by atoms with Gasteiger partial charge in [-0.05, 0) is 37.1 Å². The lowest BCUT2D eigenvalue weighted by atomic mass is 10.2. The van der Waals surface area contributed by atoms with E-state index in [-0.39, 0.29) is 0 Å². The van der Waals surface area contributed by atoms with Crippen molar-refractivity contribution < 1.29 is 0 Å². The van der Waals surface area contributed by atoms with Crippen LogP contribution >= 0.6 is 0 Å². The van der Waals surface area contributed by atoms with Gasteiger partial charge >= 0.3 is 0 Å². The summed E-state index contributed by atoms with van der Waals surface area (Å²) in [4.78, 5) is 6.82. The zero-order valence-electron chi connectivity index (χ0n) is 10.8. The summed E-state index contributed by atoms with van der Waals surface area (Å²) in [7, 11) is 0. The van der Waals surface area contributed by atoms with E-state index in [1.165, 1.54) is 12.8 Å². The second-order valence-corrected chi connectivity index (χ2v) is 4.72. The van der Waals surface area contributed by atoms with E-state index in [1.54, 1.807) is 0 Å². The van der Waals surface area contributed by atoms with Crippen molar-refractivity contribution in [2.75, 3.05) is 18.0 Å². The number of anilines is 1. The fourth-order valence-electron chi connectivity index (χ4n) is 2.26. The molecule has 1 aromatic heterocycles. The zero-order valence-corrected chi connectivity index (χ0v) is 10.8. The molecule has 2 heterocycles. The lowest BCUT2D eigenvalue weighted by Crippen LogP contribution is -2.18. The molecule has 0 unspecified atom stereocenters. The summed E-state index contributed by atoms with van der Waals surface area (Å²) in [5, 5.41) is 0. The first-order valence-corrected chi connectivity index (χ1v) is 6.70. The van der Waals surface area contributed by atoms with Crippen molar-refractivity contribution in [1.82, 2.24) is 4.98 Å². The fraction of sp³-hybridized carbons (Fsp3) is 0.235. The van der Waals surface area contributed by atoms with Gasteiger partial charge in [-0.3, -0.25) is 0 Å². The highest BCUT2D eigenvalue weighted by atomic mass is 15.2. The predicted octanol–water partition coefficient (Wildman–Crippen LogP) is 3.08. The summed E-state index contributed by atoms with van der Waals surface area (Å²) in [5.41, 5.74) is 2.00. The zero-order chi connectivity index (χ0) is 12.9. The average Bonchev–Trinajstić information content (AvgIpc) is 3.01. The average molecular weight is 248 g/mol. The highest BCUT2D eigenvalue weighted by Crippen LogP contribution is 2.17. The van der Waals surface area contributed by atoms with Gasteiger partial charge in [-0.15, -0.1) is 0 Å². The lowest BCUT2D eigenvalue weighted by molar-refractivity contribution is 0.937. The minimum absolute atomic E-state index is 0.965. The molecule has 0 saturated carbocycles. The normalized spacial score (nSPS) is 14.0. The van der Waals surface area contributed by atoms with Crippen molar-refractivity contribution in [3.63, 3.8) is 0 Å². The molecule has 1 aliphatic rings. The van der Waals surface area contributed by atoms with Crippen LogP contribution in [0.15, 0.2) is 48.7 Å². The predicted molar refractivity (Wildman–Crippen MR) is 78.1 cm³/mol. The second-order valence-electron chi connectivity index (χ2n) is 4.72. The molecule has 1 aromatic carbocycles. The molecule has 0 N–H and O–H groups in total. The quantitative estimate of drug-likeness (QED) is 0.721. The molecule has 2 aromatic rings. The van der Waals surface area contributed by atoms with Crippen molar-refractivity contribution in [2.45, 2.75) is 12.8 Å². The maximum absolute atomic E-state index is 4.50. The van der Waals surface area contributed by atoms with Gasteiger partial charge in [0.2, 0.25) is 0 Å². The van der Waals surface area contributed by atoms with Crippen LogP contribution in [0.1, 0.15) is 24.0 Å². The van der Waals surface area contributed by atoms with Crippen LogP contribution in [0.4, 0.5) is 5.82 Å². The minimum Gasteiger partial charge on any atom is -0.357 e. The van der Waals surface area contributed by atoms with Crippen LogP contribution in [0.25, 0.3) is 0 Å². The number of aromatic nitrogens is 1. The van der Waals surface area contributed by atoms with Crippen molar-refractivity contribution in [1.29, 1.82) is 0 Å². The highest BCUT2D eigenvalue weighted by Gasteiger charge is 2.12. The highest BCUT2D eigenvalue weighted by molar-refractivity contribution is 5.46. The first-order valence-electron chi connectivity index (χ1n) is 6.70. The first-order chi connectivity index (χ1) is 9.42. The second kappa shape index (κ2) is 5.58. The van der Waals surface area contributed by atoms with E-state index in [0.717, 1.165) is 30.0 Å². The standard InChI is InChI=1S/C17H16N2/c1-2-6-15(7-3-1)8-9-16-10-11-17(18-14-16)19-12-4-5-13-19/h1-3,6-7,10-11,14H,4-5,12-13H2. The van der Waals surface area contributed by atoms with Gasteiger partial charge in [0, 0.05) is 30.4 Å². The number of nitrogens with zero attached hydrogens (tertiary/aromatic N) is 2. The molecule has 0 atom stereocenters. The van der Waals surface area contributed by atoms with E-state index in [0.29, 0.717) is 0 Å². The topological polar surface area (TPSA) is 16.1 Å². The van der Waals surface area contributed by atoms with Crippen LogP contribution in [-0.2, 0) is 0 Å². The third-order valence-corrected chi connectivity index (χ3v) is 3.30. The van der Waals surface area contributed by atoms with Gasteiger partial charge in [-0.2, -0.15) is 0 Å². The Bertz CT molecular complexity index is 585. The summed E-state index contributed by atoms with van der Waals surface area (Å²) in [6.07, 6.45) is 4.41. The van der Waals surface area contributed by atoms with Crippen LogP contribution in [0.2, 0.25) is 0 Å². The third-order valence-electron chi connectivity index (χ3n) is 3.30. The molecule has 0 spiro atoms. The maximum atomic E-state index is 4.50. The molecule has 19 heavy (non-hydrogen) atoms. The van der Waals surface area contributed by atoms with E-state index < -0.39 is 0 Å². The summed E-state index contributed by atoms with van der Waals surface area (Å²) in [5.74, 6) is 7.37. The van der Waals surface area contributed by atoms with Gasteiger partial charge in [0.05, 0.1) is 0 Å². The summed E-state index contributed by atoms with van der Waals surface area (Å²) >= 11 is 0. The Morgan fingerprint density at radius 2 is 1.58 bits per heavy atom. The van der Waals surface area contributed by atoms with Gasteiger partial charge in [-0.1, -0.05) is 30.0 Å². The molecule has 0 bridgehead atoms. The van der Waals surface area contributed by atoms with Crippen molar-refractivity contribution >= 4 is 5.82 Å². The maximum Gasteiger partial charge on any atom is 0.128 e. The Kier molecular flexibility index (Phi) is 3.47. The Balaban J connectivity index is 1.74. The molecule has 1 aliphatic heterocycles. The summed E-state index contributed by atoms with van der Waals surface area (Å²) < 4.78 is 0. The van der Waals surface area contributed by atoms with Gasteiger partial charge < -0.3 is 4.90 Å².